The molecule has 3 heterocycles. The summed E-state index contributed by atoms with van der Waals surface area (Å²) in [6.45, 7) is 4.57. The molecule has 1 unspecified atom stereocenters. The predicted octanol–water partition coefficient (Wildman–Crippen LogP) is 3.30. The maximum atomic E-state index is 14.9. The van der Waals surface area contributed by atoms with E-state index in [1.54, 1.807) is 38.6 Å². The van der Waals surface area contributed by atoms with E-state index in [0.717, 1.165) is 5.39 Å². The van der Waals surface area contributed by atoms with Crippen LogP contribution in [-0.2, 0) is 15.4 Å². The number of anilines is 2. The summed E-state index contributed by atoms with van der Waals surface area (Å²) in [4.78, 5) is 13.2. The fourth-order valence-electron chi connectivity index (χ4n) is 3.68. The Morgan fingerprint density at radius 2 is 1.91 bits per heavy atom. The Balaban J connectivity index is 1.77. The number of amidine groups is 1. The Hall–Kier alpha value is -3.27. The second kappa shape index (κ2) is 7.40. The van der Waals surface area contributed by atoms with Gasteiger partial charge in [-0.15, -0.1) is 0 Å². The molecular formula is C22H24FN5O3S. The molecule has 10 heteroatoms. The molecule has 0 radical (unpaired) electrons. The fourth-order valence-corrected chi connectivity index (χ4v) is 5.36. The summed E-state index contributed by atoms with van der Waals surface area (Å²) >= 11 is 0. The lowest BCUT2D eigenvalue weighted by Crippen LogP contribution is -2.54. The van der Waals surface area contributed by atoms with Gasteiger partial charge in [-0.2, -0.15) is 0 Å². The summed E-state index contributed by atoms with van der Waals surface area (Å²) in [5.74, 6) is 0.106. The third kappa shape index (κ3) is 3.54. The van der Waals surface area contributed by atoms with E-state index in [-0.39, 0.29) is 17.2 Å². The topological polar surface area (TPSA) is 120 Å². The van der Waals surface area contributed by atoms with E-state index in [1.165, 1.54) is 26.0 Å². The van der Waals surface area contributed by atoms with E-state index in [2.05, 4.69) is 20.3 Å². The lowest BCUT2D eigenvalue weighted by Gasteiger charge is -2.38. The van der Waals surface area contributed by atoms with Crippen LogP contribution in [0.25, 0.3) is 10.9 Å². The molecule has 1 aliphatic rings. The van der Waals surface area contributed by atoms with Crippen molar-refractivity contribution in [3.05, 3.63) is 54.1 Å². The number of methoxy groups -OCH3 is 1. The maximum Gasteiger partial charge on any atom is 0.165 e. The standard InChI is InChI=1S/C22H24FN5O3S/c1-21(2)20(24)28-22(3,12-32(21,29)30)16-10-14(5-6-17(16)23)27-19-18-13(7-8-25-19)9-15(31-4)11-26-18/h5-11H,12H2,1-4H3,(H2,24,28)(H,25,27). The van der Waals surface area contributed by atoms with Crippen molar-refractivity contribution >= 4 is 38.1 Å². The van der Waals surface area contributed by atoms with Gasteiger partial charge in [0, 0.05) is 22.8 Å². The number of hydrogen-bond acceptors (Lipinski definition) is 8. The molecule has 1 atom stereocenters. The monoisotopic (exact) mass is 457 g/mol. The van der Waals surface area contributed by atoms with Crippen LogP contribution >= 0.6 is 0 Å². The van der Waals surface area contributed by atoms with Gasteiger partial charge in [-0.1, -0.05) is 0 Å². The minimum Gasteiger partial charge on any atom is -0.495 e. The molecule has 2 aromatic heterocycles. The minimum absolute atomic E-state index is 0.0436. The van der Waals surface area contributed by atoms with Crippen LogP contribution < -0.4 is 15.8 Å². The van der Waals surface area contributed by atoms with E-state index in [9.17, 15) is 12.8 Å². The van der Waals surface area contributed by atoms with Crippen molar-refractivity contribution in [1.82, 2.24) is 9.97 Å². The SMILES string of the molecule is COc1cnc2c(Nc3ccc(F)c(C4(C)CS(=O)(=O)C(C)(C)C(N)=N4)c3)nccc2c1. The van der Waals surface area contributed by atoms with Crippen LogP contribution in [-0.4, -0.2) is 41.8 Å². The number of rotatable bonds is 4. The number of hydrogen-bond donors (Lipinski definition) is 2. The molecule has 0 aliphatic carbocycles. The fraction of sp³-hybridized carbons (Fsp3) is 0.318. The average molecular weight is 458 g/mol. The van der Waals surface area contributed by atoms with E-state index in [1.807, 2.05) is 6.07 Å². The first kappa shape index (κ1) is 21.9. The highest BCUT2D eigenvalue weighted by Gasteiger charge is 2.49. The minimum atomic E-state index is -3.67. The van der Waals surface area contributed by atoms with Crippen LogP contribution in [0.1, 0.15) is 26.3 Å². The van der Waals surface area contributed by atoms with Crippen LogP contribution in [0.2, 0.25) is 0 Å². The number of nitrogens with one attached hydrogen (secondary N) is 1. The maximum absolute atomic E-state index is 14.9. The van der Waals surface area contributed by atoms with Gasteiger partial charge < -0.3 is 15.8 Å². The van der Waals surface area contributed by atoms with E-state index < -0.39 is 25.9 Å². The molecule has 0 amide bonds. The van der Waals surface area contributed by atoms with Crippen molar-refractivity contribution in [2.75, 3.05) is 18.2 Å². The van der Waals surface area contributed by atoms with Gasteiger partial charge in [-0.05, 0) is 51.1 Å². The number of ether oxygens (including phenoxy) is 1. The Bertz CT molecular complexity index is 1360. The molecule has 0 fully saturated rings. The molecule has 3 N–H and O–H groups in total. The summed E-state index contributed by atoms with van der Waals surface area (Å²) in [5.41, 5.74) is 5.88. The molecule has 0 saturated carbocycles. The van der Waals surface area contributed by atoms with Crippen LogP contribution in [0.15, 0.2) is 47.7 Å². The first-order valence-corrected chi connectivity index (χ1v) is 11.6. The summed E-state index contributed by atoms with van der Waals surface area (Å²) in [6, 6.07) is 7.98. The van der Waals surface area contributed by atoms with Crippen LogP contribution in [0.3, 0.4) is 0 Å². The molecule has 168 valence electrons. The van der Waals surface area contributed by atoms with Crippen molar-refractivity contribution in [3.8, 4) is 5.75 Å². The van der Waals surface area contributed by atoms with Gasteiger partial charge in [0.2, 0.25) is 0 Å². The smallest absolute Gasteiger partial charge is 0.165 e. The number of nitrogens with two attached hydrogens (primary N) is 1. The van der Waals surface area contributed by atoms with Crippen molar-refractivity contribution < 1.29 is 17.5 Å². The molecule has 0 saturated heterocycles. The van der Waals surface area contributed by atoms with Crippen molar-refractivity contribution in [1.29, 1.82) is 0 Å². The number of aromatic nitrogens is 2. The van der Waals surface area contributed by atoms with Gasteiger partial charge in [-0.25, -0.2) is 22.8 Å². The number of nitrogens with zero attached hydrogens (tertiary/aromatic N) is 3. The van der Waals surface area contributed by atoms with Crippen LogP contribution in [0.5, 0.6) is 5.75 Å². The Labute approximate surface area is 185 Å². The van der Waals surface area contributed by atoms with E-state index in [0.29, 0.717) is 22.8 Å². The zero-order valence-corrected chi connectivity index (χ0v) is 19.0. The zero-order chi connectivity index (χ0) is 23.3. The van der Waals surface area contributed by atoms with Gasteiger partial charge >= 0.3 is 0 Å². The van der Waals surface area contributed by atoms with Gasteiger partial charge in [0.1, 0.15) is 33.2 Å². The molecule has 0 spiro atoms. The third-order valence-electron chi connectivity index (χ3n) is 5.85. The Morgan fingerprint density at radius 3 is 2.59 bits per heavy atom. The number of benzene rings is 1. The molecule has 8 nitrogen and oxygen atoms in total. The summed E-state index contributed by atoms with van der Waals surface area (Å²) < 4.78 is 44.5. The van der Waals surface area contributed by atoms with E-state index >= 15 is 0 Å². The number of halogens is 1. The van der Waals surface area contributed by atoms with Crippen LogP contribution in [0.4, 0.5) is 15.9 Å². The predicted molar refractivity (Wildman–Crippen MR) is 123 cm³/mol. The number of sulfone groups is 1. The average Bonchev–Trinajstić information content (AvgIpc) is 2.73. The third-order valence-corrected chi connectivity index (χ3v) is 8.56. The van der Waals surface area contributed by atoms with Gasteiger partial charge in [0.15, 0.2) is 15.7 Å². The van der Waals surface area contributed by atoms with Gasteiger partial charge in [0.25, 0.3) is 0 Å². The Kier molecular flexibility index (Phi) is 5.08. The molecule has 4 rings (SSSR count). The molecule has 32 heavy (non-hydrogen) atoms. The van der Waals surface area contributed by atoms with Crippen LogP contribution in [0, 0.1) is 5.82 Å². The van der Waals surface area contributed by atoms with Crippen molar-refractivity contribution in [2.45, 2.75) is 31.1 Å². The first-order valence-electron chi connectivity index (χ1n) is 9.91. The molecular weight excluding hydrogens is 433 g/mol. The van der Waals surface area contributed by atoms with Gasteiger partial charge in [-0.3, -0.25) is 4.99 Å². The summed E-state index contributed by atoms with van der Waals surface area (Å²) in [7, 11) is -2.11. The second-order valence-electron chi connectivity index (χ2n) is 8.47. The highest BCUT2D eigenvalue weighted by atomic mass is 32.2. The largest absolute Gasteiger partial charge is 0.495 e. The lowest BCUT2D eigenvalue weighted by atomic mass is 9.92. The quantitative estimate of drug-likeness (QED) is 0.617. The highest BCUT2D eigenvalue weighted by molar-refractivity contribution is 7.93. The number of pyridine rings is 2. The van der Waals surface area contributed by atoms with Crippen molar-refractivity contribution in [2.24, 2.45) is 10.7 Å². The highest BCUT2D eigenvalue weighted by Crippen LogP contribution is 2.39. The number of aliphatic imine (C=N–C) groups is 1. The summed E-state index contributed by atoms with van der Waals surface area (Å²) in [5, 5.41) is 3.96. The summed E-state index contributed by atoms with van der Waals surface area (Å²) in [6.07, 6.45) is 3.21. The normalized spacial score (nSPS) is 21.7. The second-order valence-corrected chi connectivity index (χ2v) is 11.0. The molecule has 1 aromatic carbocycles. The lowest BCUT2D eigenvalue weighted by molar-refractivity contribution is 0.414. The van der Waals surface area contributed by atoms with E-state index in [4.69, 9.17) is 10.5 Å². The molecule has 3 aromatic rings. The van der Waals surface area contributed by atoms with Crippen molar-refractivity contribution in [3.63, 3.8) is 0 Å². The molecule has 1 aliphatic heterocycles. The Morgan fingerprint density at radius 1 is 1.16 bits per heavy atom. The number of fused-ring (bicyclic) bond motifs is 1. The molecule has 0 bridgehead atoms. The zero-order valence-electron chi connectivity index (χ0n) is 18.2. The van der Waals surface area contributed by atoms with Gasteiger partial charge in [0.05, 0.1) is 19.1 Å². The first-order chi connectivity index (χ1) is 15.0.